The number of amides is 2. The van der Waals surface area contributed by atoms with Gasteiger partial charge in [0.1, 0.15) is 30.0 Å². The summed E-state index contributed by atoms with van der Waals surface area (Å²) in [5, 5.41) is 48.5. The number of nitro groups is 1. The Hall–Kier alpha value is -6.93. The van der Waals surface area contributed by atoms with Gasteiger partial charge >= 0.3 is 6.09 Å². The molecule has 6 atom stereocenters. The standard InChI is InChI=1S/C52H56FN5O10/c1-3-27-65-52-47(57(32-35-13-19-39(53)20-14-35)50(61)37-17-11-34(31-54)12-18-37)30-45(56-66-33-36-15-21-40(22-16-36)58(63)64)43-28-38(9-5-7-25-59)42(10-6-8-26-60)48(49(43)52)44-29-41(23-24-46(44)68-52)67-51(62)55-4-2/h3,11-24,28-29,38,42,47-49,59-60H,1,4-10,25-27,30,32-33H2,2H3,(H,55,62)/t38-,42+,47-,48+,49+,52+/m0/s1. The smallest absolute Gasteiger partial charge is 0.412 e. The molecule has 0 aromatic heterocycles. The Bertz CT molecular complexity index is 2530. The predicted molar refractivity (Wildman–Crippen MR) is 250 cm³/mol. The lowest BCUT2D eigenvalue weighted by Gasteiger charge is -2.60. The third-order valence-corrected chi connectivity index (χ3v) is 12.9. The fraction of sp³-hybridized carbons (Fsp3) is 0.385. The number of aliphatic hydroxyl groups is 2. The van der Waals surface area contributed by atoms with Crippen LogP contribution in [-0.4, -0.2) is 75.9 Å². The van der Waals surface area contributed by atoms with E-state index in [1.54, 1.807) is 78.6 Å². The summed E-state index contributed by atoms with van der Waals surface area (Å²) in [4.78, 5) is 46.9. The van der Waals surface area contributed by atoms with Gasteiger partial charge in [-0.1, -0.05) is 42.3 Å². The van der Waals surface area contributed by atoms with E-state index >= 15 is 4.79 Å². The number of hydrogen-bond acceptors (Lipinski definition) is 12. The van der Waals surface area contributed by atoms with E-state index in [0.717, 1.165) is 11.1 Å². The van der Waals surface area contributed by atoms with Gasteiger partial charge in [0, 0.05) is 61.9 Å². The molecule has 2 amide bonds. The van der Waals surface area contributed by atoms with Crippen LogP contribution in [-0.2, 0) is 22.7 Å². The van der Waals surface area contributed by atoms with Gasteiger partial charge in [0.25, 0.3) is 11.6 Å². The minimum atomic E-state index is -1.66. The Balaban J connectivity index is 1.47. The second kappa shape index (κ2) is 22.7. The van der Waals surface area contributed by atoms with E-state index in [9.17, 15) is 34.8 Å². The van der Waals surface area contributed by atoms with Crippen molar-refractivity contribution in [2.24, 2.45) is 22.9 Å². The molecular weight excluding hydrogens is 874 g/mol. The van der Waals surface area contributed by atoms with Gasteiger partial charge in [-0.15, -0.1) is 6.58 Å². The van der Waals surface area contributed by atoms with Crippen LogP contribution < -0.4 is 14.8 Å². The number of hydrogen-bond donors (Lipinski definition) is 3. The number of fused-ring (bicyclic) bond motifs is 2. The van der Waals surface area contributed by atoms with E-state index in [2.05, 4.69) is 24.0 Å². The van der Waals surface area contributed by atoms with E-state index in [0.29, 0.717) is 73.2 Å². The monoisotopic (exact) mass is 929 g/mol. The molecule has 1 aliphatic heterocycles. The highest BCUT2D eigenvalue weighted by molar-refractivity contribution is 6.03. The van der Waals surface area contributed by atoms with Crippen molar-refractivity contribution in [1.82, 2.24) is 10.2 Å². The zero-order chi connectivity index (χ0) is 48.2. The molecule has 3 N–H and O–H groups in total. The van der Waals surface area contributed by atoms with E-state index in [-0.39, 0.29) is 68.2 Å². The molecule has 0 unspecified atom stereocenters. The van der Waals surface area contributed by atoms with E-state index in [4.69, 9.17) is 24.2 Å². The molecule has 0 radical (unpaired) electrons. The van der Waals surface area contributed by atoms with Gasteiger partial charge in [-0.05, 0) is 128 Å². The molecule has 2 aliphatic carbocycles. The van der Waals surface area contributed by atoms with Crippen LogP contribution in [0.2, 0.25) is 0 Å². The number of oxime groups is 1. The second-order valence-corrected chi connectivity index (χ2v) is 17.1. The van der Waals surface area contributed by atoms with E-state index in [1.165, 1.54) is 24.3 Å². The lowest BCUT2D eigenvalue weighted by Crippen LogP contribution is -2.70. The van der Waals surface area contributed by atoms with Crippen molar-refractivity contribution in [2.45, 2.75) is 82.8 Å². The SMILES string of the molecule is C=CCO[C@@]12Oc3ccc(OC(=O)NCC)cc3[C@H]3[C@H](CCCCO)[C@@H](CCCCO)C=C(C(=NOCc4ccc([N+](=O)[O-])cc4)C[C@@H]1N(Cc1ccc(F)cc1)C(=O)c1ccc(C#N)cc1)[C@H]32. The number of carbonyl (C=O) groups excluding carboxylic acids is 2. The molecule has 1 heterocycles. The summed E-state index contributed by atoms with van der Waals surface area (Å²) in [5.41, 5.74) is 3.76. The number of nitrogens with one attached hydrogen (secondary N) is 1. The molecule has 4 aromatic carbocycles. The summed E-state index contributed by atoms with van der Waals surface area (Å²) in [5.74, 6) is -3.22. The number of allylic oxidation sites excluding steroid dienone is 1. The molecule has 7 rings (SSSR count). The number of rotatable bonds is 21. The van der Waals surface area contributed by atoms with Crippen LogP contribution in [0.4, 0.5) is 14.9 Å². The number of aliphatic hydroxyl groups excluding tert-OH is 2. The maximum absolute atomic E-state index is 15.3. The average Bonchev–Trinajstić information content (AvgIpc) is 3.34. The summed E-state index contributed by atoms with van der Waals surface area (Å²) < 4.78 is 34.6. The molecule has 1 saturated carbocycles. The first-order valence-electron chi connectivity index (χ1n) is 23.0. The third-order valence-electron chi connectivity index (χ3n) is 12.9. The van der Waals surface area contributed by atoms with Crippen molar-refractivity contribution < 1.29 is 48.2 Å². The highest BCUT2D eigenvalue weighted by Gasteiger charge is 2.65. The molecule has 1 fully saturated rings. The van der Waals surface area contributed by atoms with E-state index < -0.39 is 46.4 Å². The summed E-state index contributed by atoms with van der Waals surface area (Å²) in [6.45, 7) is 6.06. The zero-order valence-electron chi connectivity index (χ0n) is 37.9. The Morgan fingerprint density at radius 2 is 1.72 bits per heavy atom. The highest BCUT2D eigenvalue weighted by Crippen LogP contribution is 2.62. The number of unbranched alkanes of at least 4 members (excludes halogenated alkanes) is 2. The zero-order valence-corrected chi connectivity index (χ0v) is 37.9. The van der Waals surface area contributed by atoms with Gasteiger partial charge in [0.15, 0.2) is 0 Å². The molecule has 0 spiro atoms. The van der Waals surface area contributed by atoms with Gasteiger partial charge in [-0.2, -0.15) is 5.26 Å². The quantitative estimate of drug-likeness (QED) is 0.0311. The normalized spacial score (nSPS) is 21.8. The summed E-state index contributed by atoms with van der Waals surface area (Å²) in [6.07, 6.45) is 7.04. The van der Waals surface area contributed by atoms with Crippen molar-refractivity contribution in [3.8, 4) is 17.6 Å². The fourth-order valence-corrected chi connectivity index (χ4v) is 9.86. The molecule has 0 bridgehead atoms. The topological polar surface area (TPSA) is 206 Å². The second-order valence-electron chi connectivity index (χ2n) is 17.1. The minimum absolute atomic E-state index is 0.00548. The maximum Gasteiger partial charge on any atom is 0.412 e. The largest absolute Gasteiger partial charge is 0.459 e. The van der Waals surface area contributed by atoms with Crippen LogP contribution in [0.15, 0.2) is 120 Å². The first-order chi connectivity index (χ1) is 33.0. The molecule has 356 valence electrons. The Labute approximate surface area is 394 Å². The third kappa shape index (κ3) is 10.9. The number of halogens is 1. The van der Waals surface area contributed by atoms with Gasteiger partial charge < -0.3 is 39.5 Å². The van der Waals surface area contributed by atoms with Crippen LogP contribution >= 0.6 is 0 Å². The molecule has 4 aromatic rings. The minimum Gasteiger partial charge on any atom is -0.459 e. The highest BCUT2D eigenvalue weighted by atomic mass is 19.1. The van der Waals surface area contributed by atoms with E-state index in [1.807, 2.05) is 6.07 Å². The Kier molecular flexibility index (Phi) is 16.4. The lowest BCUT2D eigenvalue weighted by atomic mass is 9.55. The van der Waals surface area contributed by atoms with Crippen LogP contribution in [0.25, 0.3) is 0 Å². The number of nitriles is 1. The average molecular weight is 930 g/mol. The Morgan fingerprint density at radius 3 is 2.38 bits per heavy atom. The summed E-state index contributed by atoms with van der Waals surface area (Å²) >= 11 is 0. The van der Waals surface area contributed by atoms with Crippen LogP contribution in [0.3, 0.4) is 0 Å². The lowest BCUT2D eigenvalue weighted by molar-refractivity contribution is -0.384. The summed E-state index contributed by atoms with van der Waals surface area (Å²) in [7, 11) is 0. The van der Waals surface area contributed by atoms with Crippen LogP contribution in [0.5, 0.6) is 11.5 Å². The van der Waals surface area contributed by atoms with Crippen molar-refractivity contribution in [3.63, 3.8) is 0 Å². The first-order valence-corrected chi connectivity index (χ1v) is 23.0. The van der Waals surface area contributed by atoms with Crippen molar-refractivity contribution >= 4 is 23.4 Å². The molecule has 3 aliphatic rings. The van der Waals surface area contributed by atoms with Gasteiger partial charge in [-0.25, -0.2) is 9.18 Å². The number of ether oxygens (including phenoxy) is 3. The number of carbonyl (C=O) groups is 2. The van der Waals surface area contributed by atoms with Crippen molar-refractivity contribution in [1.29, 1.82) is 5.26 Å². The number of nitrogens with zero attached hydrogens (tertiary/aromatic N) is 4. The number of benzene rings is 4. The van der Waals surface area contributed by atoms with Crippen LogP contribution in [0, 0.1) is 45.0 Å². The number of nitro benzene ring substituents is 1. The fourth-order valence-electron chi connectivity index (χ4n) is 9.86. The van der Waals surface area contributed by atoms with Crippen molar-refractivity contribution in [3.05, 3.63) is 159 Å². The maximum atomic E-state index is 15.3. The molecule has 68 heavy (non-hydrogen) atoms. The molecule has 16 heteroatoms. The van der Waals surface area contributed by atoms with Gasteiger partial charge in [0.2, 0.25) is 5.79 Å². The van der Waals surface area contributed by atoms with Crippen LogP contribution in [0.1, 0.15) is 90.4 Å². The summed E-state index contributed by atoms with van der Waals surface area (Å²) in [6, 6.07) is 24.4. The predicted octanol–water partition coefficient (Wildman–Crippen LogP) is 8.89. The first kappa shape index (κ1) is 49.0. The van der Waals surface area contributed by atoms with Gasteiger partial charge in [-0.3, -0.25) is 14.9 Å². The number of non-ortho nitro benzene ring substituents is 1. The van der Waals surface area contributed by atoms with Gasteiger partial charge in [0.05, 0.1) is 34.8 Å². The van der Waals surface area contributed by atoms with Crippen molar-refractivity contribution in [2.75, 3.05) is 26.4 Å². The molecule has 15 nitrogen and oxygen atoms in total. The molecule has 0 saturated heterocycles. The molecular formula is C52H56FN5O10. The Morgan fingerprint density at radius 1 is 1.01 bits per heavy atom.